The SMILES string of the molecule is NC(CF)c1cc2ccccc2o1. The maximum atomic E-state index is 12.2. The zero-order chi connectivity index (χ0) is 9.26. The molecule has 3 heteroatoms. The molecule has 2 N–H and O–H groups in total. The lowest BCUT2D eigenvalue weighted by Crippen LogP contribution is -2.10. The van der Waals surface area contributed by atoms with Gasteiger partial charge < -0.3 is 10.2 Å². The largest absolute Gasteiger partial charge is 0.459 e. The first-order chi connectivity index (χ1) is 6.31. The summed E-state index contributed by atoms with van der Waals surface area (Å²) in [6.07, 6.45) is 0. The molecule has 2 nitrogen and oxygen atoms in total. The van der Waals surface area contributed by atoms with Gasteiger partial charge >= 0.3 is 0 Å². The summed E-state index contributed by atoms with van der Waals surface area (Å²) in [5.74, 6) is 0.503. The van der Waals surface area contributed by atoms with E-state index in [1.54, 1.807) is 6.07 Å². The minimum absolute atomic E-state index is 0.503. The van der Waals surface area contributed by atoms with E-state index in [-0.39, 0.29) is 0 Å². The van der Waals surface area contributed by atoms with Crippen molar-refractivity contribution in [3.05, 3.63) is 36.1 Å². The van der Waals surface area contributed by atoms with Gasteiger partial charge in [0.1, 0.15) is 18.0 Å². The van der Waals surface area contributed by atoms with Gasteiger partial charge in [-0.15, -0.1) is 0 Å². The van der Waals surface area contributed by atoms with E-state index in [2.05, 4.69) is 0 Å². The molecule has 0 aliphatic heterocycles. The summed E-state index contributed by atoms with van der Waals surface area (Å²) in [5.41, 5.74) is 6.24. The van der Waals surface area contributed by atoms with Crippen molar-refractivity contribution < 1.29 is 8.81 Å². The van der Waals surface area contributed by atoms with Crippen molar-refractivity contribution in [3.63, 3.8) is 0 Å². The summed E-state index contributed by atoms with van der Waals surface area (Å²) in [6, 6.07) is 8.66. The second-order valence-electron chi connectivity index (χ2n) is 2.95. The van der Waals surface area contributed by atoms with Crippen molar-refractivity contribution in [1.82, 2.24) is 0 Å². The Balaban J connectivity index is 2.49. The minimum atomic E-state index is -0.646. The molecule has 2 aromatic rings. The molecule has 0 aliphatic carbocycles. The van der Waals surface area contributed by atoms with Crippen LogP contribution in [0.5, 0.6) is 0 Å². The van der Waals surface area contributed by atoms with Gasteiger partial charge in [0.05, 0.1) is 6.04 Å². The van der Waals surface area contributed by atoms with Gasteiger partial charge in [-0.05, 0) is 12.1 Å². The Kier molecular flexibility index (Phi) is 2.02. The van der Waals surface area contributed by atoms with E-state index in [0.717, 1.165) is 11.0 Å². The van der Waals surface area contributed by atoms with Crippen LogP contribution in [-0.4, -0.2) is 6.67 Å². The van der Waals surface area contributed by atoms with Crippen molar-refractivity contribution in [2.45, 2.75) is 6.04 Å². The van der Waals surface area contributed by atoms with Gasteiger partial charge in [0.15, 0.2) is 0 Å². The van der Waals surface area contributed by atoms with Crippen molar-refractivity contribution in [2.75, 3.05) is 6.67 Å². The van der Waals surface area contributed by atoms with Crippen LogP contribution in [0.1, 0.15) is 11.8 Å². The van der Waals surface area contributed by atoms with Crippen molar-refractivity contribution in [2.24, 2.45) is 5.73 Å². The average molecular weight is 179 g/mol. The minimum Gasteiger partial charge on any atom is -0.459 e. The number of halogens is 1. The van der Waals surface area contributed by atoms with Gasteiger partial charge in [-0.25, -0.2) is 4.39 Å². The number of para-hydroxylation sites is 1. The summed E-state index contributed by atoms with van der Waals surface area (Å²) in [5, 5.41) is 0.960. The lowest BCUT2D eigenvalue weighted by atomic mass is 10.2. The highest BCUT2D eigenvalue weighted by atomic mass is 19.1. The van der Waals surface area contributed by atoms with Crippen LogP contribution in [0.2, 0.25) is 0 Å². The summed E-state index contributed by atoms with van der Waals surface area (Å²) in [4.78, 5) is 0. The molecule has 0 bridgehead atoms. The number of fused-ring (bicyclic) bond motifs is 1. The van der Waals surface area contributed by atoms with Crippen LogP contribution in [0.4, 0.5) is 4.39 Å². The fourth-order valence-electron chi connectivity index (χ4n) is 1.26. The van der Waals surface area contributed by atoms with Gasteiger partial charge in [-0.3, -0.25) is 0 Å². The maximum Gasteiger partial charge on any atom is 0.134 e. The lowest BCUT2D eigenvalue weighted by Gasteiger charge is -1.99. The molecule has 68 valence electrons. The van der Waals surface area contributed by atoms with E-state index in [1.807, 2.05) is 24.3 Å². The van der Waals surface area contributed by atoms with E-state index < -0.39 is 12.7 Å². The normalized spacial score (nSPS) is 13.4. The fraction of sp³-hybridized carbons (Fsp3) is 0.200. The number of nitrogens with two attached hydrogens (primary N) is 1. The summed E-state index contributed by atoms with van der Waals surface area (Å²) < 4.78 is 17.6. The fourth-order valence-corrected chi connectivity index (χ4v) is 1.26. The number of benzene rings is 1. The zero-order valence-corrected chi connectivity index (χ0v) is 7.03. The molecule has 0 aliphatic rings. The molecule has 1 aromatic heterocycles. The Morgan fingerprint density at radius 3 is 2.85 bits per heavy atom. The van der Waals surface area contributed by atoms with E-state index >= 15 is 0 Å². The first kappa shape index (κ1) is 8.26. The Morgan fingerprint density at radius 1 is 1.38 bits per heavy atom. The van der Waals surface area contributed by atoms with Crippen LogP contribution >= 0.6 is 0 Å². The highest BCUT2D eigenvalue weighted by Gasteiger charge is 2.10. The predicted molar refractivity (Wildman–Crippen MR) is 49.1 cm³/mol. The van der Waals surface area contributed by atoms with Crippen molar-refractivity contribution >= 4 is 11.0 Å². The topological polar surface area (TPSA) is 39.2 Å². The molecule has 1 atom stereocenters. The quantitative estimate of drug-likeness (QED) is 0.768. The molecular weight excluding hydrogens is 169 g/mol. The van der Waals surface area contributed by atoms with Gasteiger partial charge in [0, 0.05) is 5.39 Å². The predicted octanol–water partition coefficient (Wildman–Crippen LogP) is 2.40. The first-order valence-corrected chi connectivity index (χ1v) is 4.11. The third-order valence-corrected chi connectivity index (χ3v) is 1.98. The van der Waals surface area contributed by atoms with Gasteiger partial charge in [0.25, 0.3) is 0 Å². The van der Waals surface area contributed by atoms with Crippen molar-refractivity contribution in [1.29, 1.82) is 0 Å². The average Bonchev–Trinajstić information content (AvgIpc) is 2.59. The molecule has 1 unspecified atom stereocenters. The third kappa shape index (κ3) is 1.42. The van der Waals surface area contributed by atoms with Crippen LogP contribution in [0, 0.1) is 0 Å². The molecule has 0 amide bonds. The number of hydrogen-bond acceptors (Lipinski definition) is 2. The summed E-state index contributed by atoms with van der Waals surface area (Å²) in [6.45, 7) is -0.597. The molecule has 0 fully saturated rings. The standard InChI is InChI=1S/C10H10FNO/c11-6-8(12)10-5-7-3-1-2-4-9(7)13-10/h1-5,8H,6,12H2. The molecule has 1 heterocycles. The smallest absolute Gasteiger partial charge is 0.134 e. The molecular formula is C10H10FNO. The van der Waals surface area contributed by atoms with Crippen LogP contribution in [0.15, 0.2) is 34.7 Å². The maximum absolute atomic E-state index is 12.2. The Bertz CT molecular complexity index is 377. The summed E-state index contributed by atoms with van der Waals surface area (Å²) in [7, 11) is 0. The Labute approximate surface area is 75.1 Å². The van der Waals surface area contributed by atoms with E-state index in [4.69, 9.17) is 10.2 Å². The molecule has 0 saturated heterocycles. The van der Waals surface area contributed by atoms with E-state index in [0.29, 0.717) is 5.76 Å². The monoisotopic (exact) mass is 179 g/mol. The van der Waals surface area contributed by atoms with Gasteiger partial charge in [-0.1, -0.05) is 18.2 Å². The third-order valence-electron chi connectivity index (χ3n) is 1.98. The highest BCUT2D eigenvalue weighted by molar-refractivity contribution is 5.77. The number of hydrogen-bond donors (Lipinski definition) is 1. The highest BCUT2D eigenvalue weighted by Crippen LogP contribution is 2.22. The first-order valence-electron chi connectivity index (χ1n) is 4.11. The van der Waals surface area contributed by atoms with Gasteiger partial charge in [-0.2, -0.15) is 0 Å². The molecule has 0 radical (unpaired) electrons. The molecule has 13 heavy (non-hydrogen) atoms. The van der Waals surface area contributed by atoms with Gasteiger partial charge in [0.2, 0.25) is 0 Å². The number of furan rings is 1. The van der Waals surface area contributed by atoms with Crippen LogP contribution < -0.4 is 5.73 Å². The Hall–Kier alpha value is -1.35. The van der Waals surface area contributed by atoms with E-state index in [1.165, 1.54) is 0 Å². The second-order valence-corrected chi connectivity index (χ2v) is 2.95. The second kappa shape index (κ2) is 3.18. The molecule has 2 rings (SSSR count). The number of rotatable bonds is 2. The number of alkyl halides is 1. The molecule has 0 saturated carbocycles. The van der Waals surface area contributed by atoms with Crippen LogP contribution in [0.25, 0.3) is 11.0 Å². The molecule has 0 spiro atoms. The zero-order valence-electron chi connectivity index (χ0n) is 7.03. The summed E-state index contributed by atoms with van der Waals surface area (Å²) >= 11 is 0. The van der Waals surface area contributed by atoms with E-state index in [9.17, 15) is 4.39 Å². The van der Waals surface area contributed by atoms with Crippen LogP contribution in [0.3, 0.4) is 0 Å². The van der Waals surface area contributed by atoms with Crippen molar-refractivity contribution in [3.8, 4) is 0 Å². The molecule has 1 aromatic carbocycles. The lowest BCUT2D eigenvalue weighted by molar-refractivity contribution is 0.390. The van der Waals surface area contributed by atoms with Crippen LogP contribution in [-0.2, 0) is 0 Å². The Morgan fingerprint density at radius 2 is 2.15 bits per heavy atom.